The Morgan fingerprint density at radius 3 is 2.53 bits per heavy atom. The molecule has 0 aliphatic carbocycles. The molecule has 3 nitrogen and oxygen atoms in total. The number of nitrogens with one attached hydrogen (secondary N) is 1. The Kier molecular flexibility index (Phi) is 2.86. The fourth-order valence-electron chi connectivity index (χ4n) is 1.68. The quantitative estimate of drug-likeness (QED) is 0.825. The van der Waals surface area contributed by atoms with Gasteiger partial charge in [0.05, 0.1) is 5.25 Å². The van der Waals surface area contributed by atoms with E-state index in [1.54, 1.807) is 0 Å². The van der Waals surface area contributed by atoms with Crippen LogP contribution in [0.5, 0.6) is 0 Å². The molecule has 1 fully saturated rings. The van der Waals surface area contributed by atoms with Crippen molar-refractivity contribution in [3.63, 3.8) is 0 Å². The van der Waals surface area contributed by atoms with Crippen molar-refractivity contribution in [2.45, 2.75) is 25.0 Å². The minimum absolute atomic E-state index is 0.127. The number of hydrogen-bond donors (Lipinski definition) is 1. The van der Waals surface area contributed by atoms with Crippen molar-refractivity contribution < 1.29 is 9.00 Å². The van der Waals surface area contributed by atoms with Crippen LogP contribution in [0.1, 0.15) is 29.7 Å². The lowest BCUT2D eigenvalue weighted by molar-refractivity contribution is -0.118. The summed E-state index contributed by atoms with van der Waals surface area (Å²) < 4.78 is 13.9. The van der Waals surface area contributed by atoms with Gasteiger partial charge in [-0.05, 0) is 17.5 Å². The Morgan fingerprint density at radius 1 is 1.40 bits per heavy atom. The number of rotatable bonds is 2. The van der Waals surface area contributed by atoms with E-state index >= 15 is 0 Å². The van der Waals surface area contributed by atoms with E-state index in [9.17, 15) is 9.00 Å². The maximum Gasteiger partial charge on any atom is 0.233 e. The molecule has 1 heterocycles. The van der Waals surface area contributed by atoms with E-state index in [2.05, 4.69) is 11.6 Å². The summed E-state index contributed by atoms with van der Waals surface area (Å²) in [5.74, 6) is -0.127. The third kappa shape index (κ3) is 2.09. The summed E-state index contributed by atoms with van der Waals surface area (Å²) in [7, 11) is -1.25. The van der Waals surface area contributed by atoms with Gasteiger partial charge in [-0.1, -0.05) is 31.2 Å². The molecule has 1 aromatic rings. The van der Waals surface area contributed by atoms with Gasteiger partial charge in [0.1, 0.15) is 11.0 Å². The predicted octanol–water partition coefficient (Wildman–Crippen LogP) is 1.47. The van der Waals surface area contributed by atoms with Gasteiger partial charge in [0.25, 0.3) is 0 Å². The van der Waals surface area contributed by atoms with Crippen LogP contribution in [0, 0.1) is 0 Å². The molecule has 1 aliphatic rings. The Morgan fingerprint density at radius 2 is 2.07 bits per heavy atom. The monoisotopic (exact) mass is 223 g/mol. The van der Waals surface area contributed by atoms with Crippen molar-refractivity contribution in [3.05, 3.63) is 35.4 Å². The smallest absolute Gasteiger partial charge is 0.233 e. The summed E-state index contributed by atoms with van der Waals surface area (Å²) >= 11 is 0. The molecule has 0 bridgehead atoms. The average Bonchev–Trinajstić information content (AvgIpc) is 2.58. The van der Waals surface area contributed by atoms with Gasteiger partial charge in [0.15, 0.2) is 0 Å². The molecule has 0 spiro atoms. The zero-order chi connectivity index (χ0) is 10.8. The van der Waals surface area contributed by atoms with Crippen molar-refractivity contribution in [1.29, 1.82) is 0 Å². The molecule has 2 unspecified atom stereocenters. The number of carbonyl (C=O) groups is 1. The van der Waals surface area contributed by atoms with Gasteiger partial charge in [0.2, 0.25) is 5.91 Å². The van der Waals surface area contributed by atoms with E-state index < -0.39 is 11.0 Å². The molecule has 1 aromatic carbocycles. The standard InChI is InChI=1S/C11H13NO2S/c1-2-8-3-5-9(6-4-8)10-7-11(13)12-15(10)14/h3-6,10H,2,7H2,1H3,(H,12,13). The highest BCUT2D eigenvalue weighted by Crippen LogP contribution is 2.27. The summed E-state index contributed by atoms with van der Waals surface area (Å²) in [6, 6.07) is 7.97. The van der Waals surface area contributed by atoms with Crippen molar-refractivity contribution in [2.75, 3.05) is 0 Å². The fraction of sp³-hybridized carbons (Fsp3) is 0.364. The lowest BCUT2D eigenvalue weighted by Gasteiger charge is -2.07. The molecule has 15 heavy (non-hydrogen) atoms. The van der Waals surface area contributed by atoms with Gasteiger partial charge in [0, 0.05) is 6.42 Å². The molecule has 0 saturated carbocycles. The van der Waals surface area contributed by atoms with E-state index in [0.29, 0.717) is 6.42 Å². The van der Waals surface area contributed by atoms with E-state index in [1.165, 1.54) is 5.56 Å². The number of carbonyl (C=O) groups excluding carboxylic acids is 1. The molecule has 1 aliphatic heterocycles. The Balaban J connectivity index is 2.22. The molecule has 80 valence electrons. The van der Waals surface area contributed by atoms with Gasteiger partial charge >= 0.3 is 0 Å². The van der Waals surface area contributed by atoms with Crippen LogP contribution in [0.3, 0.4) is 0 Å². The molecular weight excluding hydrogens is 210 g/mol. The van der Waals surface area contributed by atoms with Crippen LogP contribution in [0.2, 0.25) is 0 Å². The van der Waals surface area contributed by atoms with Crippen molar-refractivity contribution in [3.8, 4) is 0 Å². The third-order valence-corrected chi connectivity index (χ3v) is 3.99. The highest BCUT2D eigenvalue weighted by Gasteiger charge is 2.30. The van der Waals surface area contributed by atoms with E-state index in [1.807, 2.05) is 24.3 Å². The normalized spacial score (nSPS) is 25.3. The molecule has 0 radical (unpaired) electrons. The maximum absolute atomic E-state index is 11.5. The van der Waals surface area contributed by atoms with Gasteiger partial charge in [-0.3, -0.25) is 9.52 Å². The SMILES string of the molecule is CCc1ccc(C2CC(=O)NS2=O)cc1. The Hall–Kier alpha value is -1.16. The average molecular weight is 223 g/mol. The summed E-state index contributed by atoms with van der Waals surface area (Å²) in [4.78, 5) is 11.1. The van der Waals surface area contributed by atoms with E-state index in [-0.39, 0.29) is 11.2 Å². The molecule has 2 atom stereocenters. The summed E-state index contributed by atoms with van der Waals surface area (Å²) in [6.07, 6.45) is 1.32. The number of benzene rings is 1. The highest BCUT2D eigenvalue weighted by atomic mass is 32.2. The van der Waals surface area contributed by atoms with Crippen LogP contribution in [0.15, 0.2) is 24.3 Å². The third-order valence-electron chi connectivity index (χ3n) is 2.60. The van der Waals surface area contributed by atoms with Crippen LogP contribution >= 0.6 is 0 Å². The molecule has 1 N–H and O–H groups in total. The van der Waals surface area contributed by atoms with E-state index in [4.69, 9.17) is 0 Å². The number of amides is 1. The topological polar surface area (TPSA) is 46.2 Å². The van der Waals surface area contributed by atoms with Crippen molar-refractivity contribution in [1.82, 2.24) is 4.72 Å². The second kappa shape index (κ2) is 4.14. The first-order chi connectivity index (χ1) is 7.20. The largest absolute Gasteiger partial charge is 0.275 e. The molecule has 1 amide bonds. The lowest BCUT2D eigenvalue weighted by atomic mass is 10.1. The van der Waals surface area contributed by atoms with Gasteiger partial charge in [-0.25, -0.2) is 4.21 Å². The second-order valence-corrected chi connectivity index (χ2v) is 4.98. The molecule has 2 rings (SSSR count). The summed E-state index contributed by atoms with van der Waals surface area (Å²) in [5.41, 5.74) is 2.23. The first-order valence-electron chi connectivity index (χ1n) is 4.99. The minimum atomic E-state index is -1.25. The Bertz CT molecular complexity index is 400. The molecular formula is C11H13NO2S. The second-order valence-electron chi connectivity index (χ2n) is 3.61. The summed E-state index contributed by atoms with van der Waals surface area (Å²) in [6.45, 7) is 2.09. The lowest BCUT2D eigenvalue weighted by Crippen LogP contribution is -2.15. The van der Waals surface area contributed by atoms with Gasteiger partial charge < -0.3 is 0 Å². The zero-order valence-corrected chi connectivity index (χ0v) is 9.34. The zero-order valence-electron chi connectivity index (χ0n) is 8.53. The number of aryl methyl sites for hydroxylation is 1. The Labute approximate surface area is 91.5 Å². The first kappa shape index (κ1) is 10.4. The predicted molar refractivity (Wildman–Crippen MR) is 59.5 cm³/mol. The van der Waals surface area contributed by atoms with Gasteiger partial charge in [-0.15, -0.1) is 0 Å². The maximum atomic E-state index is 11.5. The van der Waals surface area contributed by atoms with Crippen molar-refractivity contribution >= 4 is 16.9 Å². The van der Waals surface area contributed by atoms with Crippen LogP contribution in [0.25, 0.3) is 0 Å². The van der Waals surface area contributed by atoms with Crippen LogP contribution in [-0.4, -0.2) is 10.1 Å². The number of hydrogen-bond acceptors (Lipinski definition) is 2. The molecule has 0 aromatic heterocycles. The highest BCUT2D eigenvalue weighted by molar-refractivity contribution is 7.84. The minimum Gasteiger partial charge on any atom is -0.275 e. The van der Waals surface area contributed by atoms with Crippen molar-refractivity contribution in [2.24, 2.45) is 0 Å². The summed E-state index contributed by atoms with van der Waals surface area (Å²) in [5, 5.41) is -0.177. The van der Waals surface area contributed by atoms with Gasteiger partial charge in [-0.2, -0.15) is 0 Å². The van der Waals surface area contributed by atoms with Crippen LogP contribution < -0.4 is 4.72 Å². The molecule has 1 saturated heterocycles. The first-order valence-corrected chi connectivity index (χ1v) is 6.21. The molecule has 4 heteroatoms. The van der Waals surface area contributed by atoms with Crippen LogP contribution in [0.4, 0.5) is 0 Å². The fourth-order valence-corrected chi connectivity index (χ4v) is 2.84. The van der Waals surface area contributed by atoms with Crippen LogP contribution in [-0.2, 0) is 22.2 Å². The van der Waals surface area contributed by atoms with E-state index in [0.717, 1.165) is 12.0 Å².